The van der Waals surface area contributed by atoms with Crippen molar-refractivity contribution in [3.8, 4) is 0 Å². The van der Waals surface area contributed by atoms with Gasteiger partial charge in [0.15, 0.2) is 0 Å². The molecule has 0 aliphatic carbocycles. The molecule has 20 heavy (non-hydrogen) atoms. The molecule has 3 heteroatoms. The first-order chi connectivity index (χ1) is 9.70. The first-order valence-corrected chi connectivity index (χ1v) is 6.73. The molecule has 3 nitrogen and oxygen atoms in total. The second-order valence-corrected chi connectivity index (χ2v) is 4.95. The molecule has 0 radical (unpaired) electrons. The Balaban J connectivity index is 1.98. The van der Waals surface area contributed by atoms with Gasteiger partial charge in [-0.15, -0.1) is 0 Å². The number of rotatable bonds is 3. The van der Waals surface area contributed by atoms with Gasteiger partial charge in [0.05, 0.1) is 5.70 Å². The van der Waals surface area contributed by atoms with Crippen molar-refractivity contribution in [3.05, 3.63) is 77.7 Å². The molecule has 0 amide bonds. The maximum absolute atomic E-state index is 6.11. The van der Waals surface area contributed by atoms with Crippen LogP contribution in [0.3, 0.4) is 0 Å². The lowest BCUT2D eigenvalue weighted by Gasteiger charge is -2.32. The summed E-state index contributed by atoms with van der Waals surface area (Å²) in [6.07, 6.45) is 0. The Morgan fingerprint density at radius 1 is 0.900 bits per heavy atom. The highest BCUT2D eigenvalue weighted by molar-refractivity contribution is 5.47. The monoisotopic (exact) mass is 266 g/mol. The maximum Gasteiger partial charge on any atom is 0.286 e. The summed E-state index contributed by atoms with van der Waals surface area (Å²) in [4.78, 5) is 0. The number of allylic oxidation sites excluding steroid dienone is 2. The highest BCUT2D eigenvalue weighted by atomic mass is 16.5. The van der Waals surface area contributed by atoms with Gasteiger partial charge >= 0.3 is 0 Å². The summed E-state index contributed by atoms with van der Waals surface area (Å²) >= 11 is 0. The molecule has 0 bridgehead atoms. The number of hydrogen-bond acceptors (Lipinski definition) is 3. The predicted octanol–water partition coefficient (Wildman–Crippen LogP) is 3.78. The molecule has 102 valence electrons. The second-order valence-electron chi connectivity index (χ2n) is 4.95. The molecule has 0 fully saturated rings. The Labute approximate surface area is 119 Å². The van der Waals surface area contributed by atoms with Gasteiger partial charge < -0.3 is 15.4 Å². The number of nitrogens with one attached hydrogen (secondary N) is 2. The summed E-state index contributed by atoms with van der Waals surface area (Å²) in [6.45, 7) is 3.99. The van der Waals surface area contributed by atoms with Crippen molar-refractivity contribution in [2.45, 2.75) is 19.7 Å². The summed E-state index contributed by atoms with van der Waals surface area (Å²) < 4.78 is 6.11. The van der Waals surface area contributed by atoms with Crippen LogP contribution in [-0.2, 0) is 10.6 Å². The molecule has 1 unspecified atom stereocenters. The highest BCUT2D eigenvalue weighted by Crippen LogP contribution is 2.33. The summed E-state index contributed by atoms with van der Waals surface area (Å²) in [5.74, 6) is 0.161. The van der Waals surface area contributed by atoms with Gasteiger partial charge in [0.2, 0.25) is 0 Å². The number of ether oxygens (including phenoxy) is 1. The van der Waals surface area contributed by atoms with Crippen LogP contribution in [-0.4, -0.2) is 0 Å². The van der Waals surface area contributed by atoms with Gasteiger partial charge in [0.25, 0.3) is 5.85 Å². The van der Waals surface area contributed by atoms with Crippen molar-refractivity contribution in [1.82, 2.24) is 5.32 Å². The topological polar surface area (TPSA) is 33.3 Å². The predicted molar refractivity (Wildman–Crippen MR) is 80.8 cm³/mol. The SMILES string of the molecule is CC1=C(C)OC(Nc2ccccc2)(c2ccccc2)N1. The lowest BCUT2D eigenvalue weighted by atomic mass is 10.1. The van der Waals surface area contributed by atoms with Gasteiger partial charge in [-0.05, 0) is 26.0 Å². The number of para-hydroxylation sites is 1. The summed E-state index contributed by atoms with van der Waals surface area (Å²) in [7, 11) is 0. The van der Waals surface area contributed by atoms with E-state index in [9.17, 15) is 0 Å². The van der Waals surface area contributed by atoms with Gasteiger partial charge in [-0.1, -0.05) is 48.5 Å². The summed E-state index contributed by atoms with van der Waals surface area (Å²) in [5, 5.41) is 6.88. The van der Waals surface area contributed by atoms with Crippen molar-refractivity contribution >= 4 is 5.69 Å². The van der Waals surface area contributed by atoms with Crippen molar-refractivity contribution in [3.63, 3.8) is 0 Å². The molecule has 3 rings (SSSR count). The molecule has 0 aromatic heterocycles. The molecule has 2 aromatic carbocycles. The third-order valence-electron chi connectivity index (χ3n) is 3.47. The van der Waals surface area contributed by atoms with Crippen LogP contribution in [0, 0.1) is 0 Å². The lowest BCUT2D eigenvalue weighted by molar-refractivity contribution is 0.0313. The van der Waals surface area contributed by atoms with Crippen LogP contribution >= 0.6 is 0 Å². The standard InChI is InChI=1S/C17H18N2O/c1-13-14(2)20-17(18-13,15-9-5-3-6-10-15)19-16-11-7-4-8-12-16/h3-12,18-19H,1-2H3. The zero-order valence-corrected chi connectivity index (χ0v) is 11.7. The van der Waals surface area contributed by atoms with Gasteiger partial charge in [0, 0.05) is 11.3 Å². The Morgan fingerprint density at radius 2 is 1.50 bits per heavy atom. The number of benzene rings is 2. The van der Waals surface area contributed by atoms with Crippen LogP contribution in [0.1, 0.15) is 19.4 Å². The number of anilines is 1. The van der Waals surface area contributed by atoms with E-state index in [0.29, 0.717) is 0 Å². The summed E-state index contributed by atoms with van der Waals surface area (Å²) in [5.41, 5.74) is 3.09. The fourth-order valence-corrected chi connectivity index (χ4v) is 2.34. The van der Waals surface area contributed by atoms with Crippen LogP contribution in [0.25, 0.3) is 0 Å². The Kier molecular flexibility index (Phi) is 3.11. The fraction of sp³-hybridized carbons (Fsp3) is 0.176. The van der Waals surface area contributed by atoms with Gasteiger partial charge in [0.1, 0.15) is 5.76 Å². The molecule has 0 spiro atoms. The maximum atomic E-state index is 6.11. The van der Waals surface area contributed by atoms with E-state index in [0.717, 1.165) is 22.7 Å². The van der Waals surface area contributed by atoms with Crippen LogP contribution in [0.15, 0.2) is 72.1 Å². The van der Waals surface area contributed by atoms with E-state index in [2.05, 4.69) is 22.8 Å². The van der Waals surface area contributed by atoms with E-state index in [-0.39, 0.29) is 0 Å². The smallest absolute Gasteiger partial charge is 0.286 e. The van der Waals surface area contributed by atoms with Crippen LogP contribution in [0.5, 0.6) is 0 Å². The van der Waals surface area contributed by atoms with Crippen molar-refractivity contribution in [2.75, 3.05) is 5.32 Å². The Hall–Kier alpha value is -2.42. The van der Waals surface area contributed by atoms with E-state index in [1.807, 2.05) is 62.4 Å². The average Bonchev–Trinajstić information content (AvgIpc) is 2.77. The molecular formula is C17H18N2O. The Bertz CT molecular complexity index is 606. The van der Waals surface area contributed by atoms with Crippen molar-refractivity contribution in [2.24, 2.45) is 0 Å². The molecular weight excluding hydrogens is 248 g/mol. The first-order valence-electron chi connectivity index (χ1n) is 6.73. The first kappa shape index (κ1) is 12.6. The van der Waals surface area contributed by atoms with E-state index in [1.165, 1.54) is 0 Å². The van der Waals surface area contributed by atoms with Crippen LogP contribution in [0.4, 0.5) is 5.69 Å². The minimum atomic E-state index is -0.739. The molecule has 1 aliphatic rings. The van der Waals surface area contributed by atoms with E-state index < -0.39 is 5.85 Å². The van der Waals surface area contributed by atoms with E-state index >= 15 is 0 Å². The highest BCUT2D eigenvalue weighted by Gasteiger charge is 2.39. The largest absolute Gasteiger partial charge is 0.449 e. The van der Waals surface area contributed by atoms with Gasteiger partial charge in [-0.25, -0.2) is 0 Å². The zero-order chi connectivity index (χ0) is 14.0. The molecule has 1 aliphatic heterocycles. The van der Waals surface area contributed by atoms with Crippen LogP contribution < -0.4 is 10.6 Å². The third kappa shape index (κ3) is 2.23. The van der Waals surface area contributed by atoms with Gasteiger partial charge in [-0.3, -0.25) is 0 Å². The van der Waals surface area contributed by atoms with Crippen LogP contribution in [0.2, 0.25) is 0 Å². The molecule has 1 heterocycles. The lowest BCUT2D eigenvalue weighted by Crippen LogP contribution is -2.46. The van der Waals surface area contributed by atoms with E-state index in [1.54, 1.807) is 0 Å². The fourth-order valence-electron chi connectivity index (χ4n) is 2.34. The molecule has 2 N–H and O–H groups in total. The van der Waals surface area contributed by atoms with Gasteiger partial charge in [-0.2, -0.15) is 0 Å². The van der Waals surface area contributed by atoms with E-state index in [4.69, 9.17) is 4.74 Å². The minimum Gasteiger partial charge on any atom is -0.449 e. The normalized spacial score (nSPS) is 21.3. The molecule has 0 saturated carbocycles. The average molecular weight is 266 g/mol. The second kappa shape index (κ2) is 4.93. The number of hydrogen-bond donors (Lipinski definition) is 2. The van der Waals surface area contributed by atoms with Crippen molar-refractivity contribution < 1.29 is 4.74 Å². The Morgan fingerprint density at radius 3 is 2.05 bits per heavy atom. The zero-order valence-electron chi connectivity index (χ0n) is 11.7. The molecule has 1 atom stereocenters. The van der Waals surface area contributed by atoms with Crippen molar-refractivity contribution in [1.29, 1.82) is 0 Å². The third-order valence-corrected chi connectivity index (χ3v) is 3.47. The molecule has 2 aromatic rings. The summed E-state index contributed by atoms with van der Waals surface area (Å²) in [6, 6.07) is 20.2. The molecule has 0 saturated heterocycles. The minimum absolute atomic E-state index is 0.739. The quantitative estimate of drug-likeness (QED) is 0.887.